The van der Waals surface area contributed by atoms with E-state index in [1.807, 2.05) is 24.3 Å². The summed E-state index contributed by atoms with van der Waals surface area (Å²) in [5.41, 5.74) is 2.18. The molecule has 6 nitrogen and oxygen atoms in total. The molecule has 1 amide bonds. The van der Waals surface area contributed by atoms with Crippen LogP contribution >= 0.6 is 0 Å². The van der Waals surface area contributed by atoms with E-state index in [2.05, 4.69) is 18.6 Å². The van der Waals surface area contributed by atoms with Gasteiger partial charge < -0.3 is 9.64 Å². The number of hydrogen-bond donors (Lipinski definition) is 1. The molecule has 2 aliphatic heterocycles. The number of amides is 1. The van der Waals surface area contributed by atoms with Crippen LogP contribution in [0.5, 0.6) is 5.75 Å². The summed E-state index contributed by atoms with van der Waals surface area (Å²) in [7, 11) is -3.75. The summed E-state index contributed by atoms with van der Waals surface area (Å²) in [6, 6.07) is 12.4. The number of aryl methyl sites for hydroxylation is 1. The Balaban J connectivity index is 1.67. The number of carbonyl (C=O) groups is 1. The van der Waals surface area contributed by atoms with Crippen molar-refractivity contribution >= 4 is 21.6 Å². The summed E-state index contributed by atoms with van der Waals surface area (Å²) in [5.74, 6) is 0.719. The highest BCUT2D eigenvalue weighted by Gasteiger charge is 2.40. The second-order valence-corrected chi connectivity index (χ2v) is 10.2. The lowest BCUT2D eigenvalue weighted by Gasteiger charge is -2.41. The van der Waals surface area contributed by atoms with Crippen molar-refractivity contribution in [2.75, 3.05) is 11.4 Å². The van der Waals surface area contributed by atoms with Crippen LogP contribution in [0.4, 0.5) is 5.69 Å². The molecule has 2 aromatic rings. The molecule has 0 spiro atoms. The van der Waals surface area contributed by atoms with Crippen molar-refractivity contribution in [3.8, 4) is 5.75 Å². The van der Waals surface area contributed by atoms with Crippen molar-refractivity contribution in [2.24, 2.45) is 0 Å². The van der Waals surface area contributed by atoms with Crippen LogP contribution in [0.1, 0.15) is 63.6 Å². The molecule has 0 fully saturated rings. The van der Waals surface area contributed by atoms with E-state index in [1.54, 1.807) is 23.1 Å². The van der Waals surface area contributed by atoms with Gasteiger partial charge in [-0.3, -0.25) is 4.79 Å². The third kappa shape index (κ3) is 4.08. The molecule has 0 aromatic heterocycles. The second-order valence-electron chi connectivity index (χ2n) is 8.47. The Hall–Kier alpha value is -2.38. The van der Waals surface area contributed by atoms with E-state index in [1.165, 1.54) is 6.92 Å². The molecule has 2 aromatic carbocycles. The minimum atomic E-state index is -3.75. The van der Waals surface area contributed by atoms with Crippen molar-refractivity contribution in [1.29, 1.82) is 0 Å². The van der Waals surface area contributed by atoms with E-state index >= 15 is 0 Å². The Bertz CT molecular complexity index is 1090. The first-order valence-corrected chi connectivity index (χ1v) is 12.5. The van der Waals surface area contributed by atoms with Crippen molar-refractivity contribution < 1.29 is 17.9 Å². The van der Waals surface area contributed by atoms with E-state index in [0.717, 1.165) is 48.2 Å². The number of hydrogen-bond acceptors (Lipinski definition) is 4. The standard InChI is InChI=1S/C24H30N2O4S/c1-4-24(5-2)16-21(20-10-6-7-11-23(20)30-24)25-31(28,29)19-12-13-22-18(15-19)9-8-14-26(22)17(3)27/h6-7,10-13,15,21,25H,4-5,8-9,14,16H2,1-3H3/t21-/m0/s1. The molecule has 2 heterocycles. The maximum Gasteiger partial charge on any atom is 0.241 e. The zero-order chi connectivity index (χ0) is 22.2. The maximum atomic E-state index is 13.4. The van der Waals surface area contributed by atoms with Gasteiger partial charge in [-0.2, -0.15) is 0 Å². The first kappa shape index (κ1) is 21.8. The largest absolute Gasteiger partial charge is 0.487 e. The third-order valence-electron chi connectivity index (χ3n) is 6.64. The van der Waals surface area contributed by atoms with Crippen LogP contribution in [-0.4, -0.2) is 26.5 Å². The van der Waals surface area contributed by atoms with E-state index in [-0.39, 0.29) is 22.4 Å². The van der Waals surface area contributed by atoms with Crippen LogP contribution in [0.25, 0.3) is 0 Å². The molecule has 7 heteroatoms. The molecular formula is C24H30N2O4S. The molecule has 0 saturated heterocycles. The molecular weight excluding hydrogens is 412 g/mol. The average Bonchev–Trinajstić information content (AvgIpc) is 2.77. The van der Waals surface area contributed by atoms with Crippen LogP contribution in [0.2, 0.25) is 0 Å². The van der Waals surface area contributed by atoms with Crippen LogP contribution < -0.4 is 14.4 Å². The molecule has 166 valence electrons. The zero-order valence-corrected chi connectivity index (χ0v) is 19.2. The topological polar surface area (TPSA) is 75.7 Å². The predicted octanol–water partition coefficient (Wildman–Crippen LogP) is 4.35. The Morgan fingerprint density at radius 1 is 1.19 bits per heavy atom. The van der Waals surface area contributed by atoms with Crippen LogP contribution in [-0.2, 0) is 21.2 Å². The predicted molar refractivity (Wildman–Crippen MR) is 121 cm³/mol. The van der Waals surface area contributed by atoms with Crippen LogP contribution in [0.3, 0.4) is 0 Å². The molecule has 0 radical (unpaired) electrons. The molecule has 1 N–H and O–H groups in total. The fraction of sp³-hybridized carbons (Fsp3) is 0.458. The lowest BCUT2D eigenvalue weighted by Crippen LogP contribution is -2.44. The number of para-hydroxylation sites is 1. The van der Waals surface area contributed by atoms with E-state index in [0.29, 0.717) is 13.0 Å². The highest BCUT2D eigenvalue weighted by atomic mass is 32.2. The summed E-state index contributed by atoms with van der Waals surface area (Å²) in [4.78, 5) is 13.9. The van der Waals surface area contributed by atoms with Crippen LogP contribution in [0.15, 0.2) is 47.4 Å². The Morgan fingerprint density at radius 2 is 1.94 bits per heavy atom. The van der Waals surface area contributed by atoms with Gasteiger partial charge in [-0.15, -0.1) is 0 Å². The third-order valence-corrected chi connectivity index (χ3v) is 8.11. The second kappa shape index (κ2) is 8.28. The fourth-order valence-corrected chi connectivity index (χ4v) is 6.00. The highest BCUT2D eigenvalue weighted by molar-refractivity contribution is 7.89. The van der Waals surface area contributed by atoms with E-state index < -0.39 is 10.0 Å². The number of rotatable bonds is 5. The number of nitrogens with zero attached hydrogens (tertiary/aromatic N) is 1. The molecule has 0 unspecified atom stereocenters. The SMILES string of the molecule is CCC1(CC)C[C@H](NS(=O)(=O)c2ccc3c(c2)CCCN3C(C)=O)c2ccccc2O1. The van der Waals surface area contributed by atoms with Crippen molar-refractivity contribution in [1.82, 2.24) is 4.72 Å². The van der Waals surface area contributed by atoms with Gasteiger partial charge in [-0.25, -0.2) is 13.1 Å². The molecule has 31 heavy (non-hydrogen) atoms. The maximum absolute atomic E-state index is 13.4. The molecule has 0 saturated carbocycles. The van der Waals surface area contributed by atoms with Gasteiger partial charge in [-0.05, 0) is 55.5 Å². The van der Waals surface area contributed by atoms with Gasteiger partial charge >= 0.3 is 0 Å². The van der Waals surface area contributed by atoms with Gasteiger partial charge in [0.1, 0.15) is 11.4 Å². The number of ether oxygens (including phenoxy) is 1. The number of carbonyl (C=O) groups excluding carboxylic acids is 1. The first-order valence-electron chi connectivity index (χ1n) is 11.0. The zero-order valence-electron chi connectivity index (χ0n) is 18.3. The summed E-state index contributed by atoms with van der Waals surface area (Å²) in [5, 5.41) is 0. The van der Waals surface area contributed by atoms with Gasteiger partial charge in [0.25, 0.3) is 0 Å². The van der Waals surface area contributed by atoms with Gasteiger partial charge in [-0.1, -0.05) is 32.0 Å². The fourth-order valence-electron chi connectivity index (χ4n) is 4.73. The van der Waals surface area contributed by atoms with Gasteiger partial charge in [0.05, 0.1) is 10.9 Å². The quantitative estimate of drug-likeness (QED) is 0.747. The first-order chi connectivity index (χ1) is 14.8. The monoisotopic (exact) mass is 442 g/mol. The molecule has 4 rings (SSSR count). The van der Waals surface area contributed by atoms with Gasteiger partial charge in [0, 0.05) is 31.1 Å². The Kier molecular flexibility index (Phi) is 5.83. The minimum Gasteiger partial charge on any atom is -0.487 e. The van der Waals surface area contributed by atoms with E-state index in [4.69, 9.17) is 4.74 Å². The lowest BCUT2D eigenvalue weighted by molar-refractivity contribution is -0.116. The minimum absolute atomic E-state index is 0.0241. The number of fused-ring (bicyclic) bond motifs is 2. The molecule has 2 aliphatic rings. The summed E-state index contributed by atoms with van der Waals surface area (Å²) >= 11 is 0. The van der Waals surface area contributed by atoms with Crippen molar-refractivity contribution in [3.05, 3.63) is 53.6 Å². The van der Waals surface area contributed by atoms with Gasteiger partial charge in [0.15, 0.2) is 0 Å². The molecule has 0 aliphatic carbocycles. The Morgan fingerprint density at radius 3 is 2.65 bits per heavy atom. The van der Waals surface area contributed by atoms with Crippen molar-refractivity contribution in [3.63, 3.8) is 0 Å². The Labute approximate surface area is 184 Å². The number of anilines is 1. The normalized spacial score (nSPS) is 19.8. The lowest BCUT2D eigenvalue weighted by atomic mass is 9.84. The van der Waals surface area contributed by atoms with E-state index in [9.17, 15) is 13.2 Å². The van der Waals surface area contributed by atoms with Crippen molar-refractivity contribution in [2.45, 2.75) is 69.4 Å². The summed E-state index contributed by atoms with van der Waals surface area (Å²) < 4.78 is 36.0. The number of nitrogens with one attached hydrogen (secondary N) is 1. The molecule has 1 atom stereocenters. The highest BCUT2D eigenvalue weighted by Crippen LogP contribution is 2.43. The average molecular weight is 443 g/mol. The van der Waals surface area contributed by atoms with Gasteiger partial charge in [0.2, 0.25) is 15.9 Å². The smallest absolute Gasteiger partial charge is 0.241 e. The number of sulfonamides is 1. The van der Waals surface area contributed by atoms with Crippen LogP contribution in [0, 0.1) is 0 Å². The summed E-state index contributed by atoms with van der Waals surface area (Å²) in [6.45, 7) is 6.36. The summed E-state index contributed by atoms with van der Waals surface area (Å²) in [6.07, 6.45) is 3.77. The number of benzene rings is 2. The molecule has 0 bridgehead atoms.